The number of aromatic nitrogens is 2. The predicted octanol–water partition coefficient (Wildman–Crippen LogP) is 4.77. The van der Waals surface area contributed by atoms with Crippen LogP contribution >= 0.6 is 11.6 Å². The lowest BCUT2D eigenvalue weighted by molar-refractivity contribution is 0.102. The molecule has 132 valence electrons. The molecule has 0 unspecified atom stereocenters. The van der Waals surface area contributed by atoms with E-state index >= 15 is 0 Å². The van der Waals surface area contributed by atoms with Crippen molar-refractivity contribution in [1.29, 1.82) is 0 Å². The lowest BCUT2D eigenvalue weighted by Crippen LogP contribution is -2.18. The highest BCUT2D eigenvalue weighted by Gasteiger charge is 2.15. The van der Waals surface area contributed by atoms with Gasteiger partial charge in [-0.25, -0.2) is 9.97 Å². The minimum atomic E-state index is -0.330. The van der Waals surface area contributed by atoms with Gasteiger partial charge in [0.05, 0.1) is 10.7 Å². The topological polar surface area (TPSA) is 58.1 Å². The number of carbonyl (C=O) groups excluding carboxylic acids is 1. The number of nitrogens with one attached hydrogen (secondary N) is 1. The van der Waals surface area contributed by atoms with E-state index in [0.717, 1.165) is 16.8 Å². The molecule has 0 saturated heterocycles. The van der Waals surface area contributed by atoms with Gasteiger partial charge < -0.3 is 10.2 Å². The average Bonchev–Trinajstić information content (AvgIpc) is 2.64. The van der Waals surface area contributed by atoms with Gasteiger partial charge in [0.2, 0.25) is 5.95 Å². The van der Waals surface area contributed by atoms with Crippen molar-refractivity contribution in [2.24, 2.45) is 0 Å². The summed E-state index contributed by atoms with van der Waals surface area (Å²) in [6, 6.07) is 15.1. The molecule has 5 nitrogen and oxygen atoms in total. The zero-order chi connectivity index (χ0) is 18.7. The number of rotatable bonds is 4. The Balaban J connectivity index is 1.85. The summed E-state index contributed by atoms with van der Waals surface area (Å²) in [6.45, 7) is 3.86. The Labute approximate surface area is 157 Å². The zero-order valence-electron chi connectivity index (χ0n) is 14.8. The molecule has 0 aliphatic heterocycles. The molecule has 0 spiro atoms. The first-order valence-corrected chi connectivity index (χ1v) is 8.53. The fraction of sp³-hybridized carbons (Fsp3) is 0.150. The third kappa shape index (κ3) is 3.83. The molecule has 1 N–H and O–H groups in total. The molecule has 2 aromatic carbocycles. The molecule has 6 heteroatoms. The van der Waals surface area contributed by atoms with Crippen molar-refractivity contribution in [3.05, 3.63) is 76.6 Å². The van der Waals surface area contributed by atoms with E-state index in [1.165, 1.54) is 0 Å². The Hall–Kier alpha value is -2.92. The van der Waals surface area contributed by atoms with Crippen LogP contribution in [0, 0.1) is 13.8 Å². The van der Waals surface area contributed by atoms with Crippen molar-refractivity contribution in [2.45, 2.75) is 13.8 Å². The molecule has 26 heavy (non-hydrogen) atoms. The van der Waals surface area contributed by atoms with Gasteiger partial charge in [0.25, 0.3) is 5.91 Å². The second kappa shape index (κ2) is 7.54. The number of amides is 1. The van der Waals surface area contributed by atoms with E-state index < -0.39 is 0 Å². The van der Waals surface area contributed by atoms with E-state index in [1.807, 2.05) is 68.3 Å². The van der Waals surface area contributed by atoms with Gasteiger partial charge >= 0.3 is 0 Å². The molecule has 0 atom stereocenters. The number of benzene rings is 2. The van der Waals surface area contributed by atoms with E-state index in [2.05, 4.69) is 15.3 Å². The van der Waals surface area contributed by atoms with E-state index in [0.29, 0.717) is 16.7 Å². The molecule has 3 rings (SSSR count). The molecule has 0 fully saturated rings. The maximum atomic E-state index is 12.6. The van der Waals surface area contributed by atoms with Crippen molar-refractivity contribution in [2.75, 3.05) is 17.3 Å². The minimum Gasteiger partial charge on any atom is -0.319 e. The van der Waals surface area contributed by atoms with Crippen LogP contribution < -0.4 is 10.2 Å². The number of hydrogen-bond donors (Lipinski definition) is 1. The first-order chi connectivity index (χ1) is 12.5. The first kappa shape index (κ1) is 17.9. The van der Waals surface area contributed by atoms with Gasteiger partial charge in [-0.05, 0) is 49.2 Å². The van der Waals surface area contributed by atoms with E-state index in [-0.39, 0.29) is 11.6 Å². The monoisotopic (exact) mass is 366 g/mol. The van der Waals surface area contributed by atoms with Crippen LogP contribution in [0.2, 0.25) is 5.02 Å². The molecule has 1 heterocycles. The smallest absolute Gasteiger partial charge is 0.274 e. The number of aryl methyl sites for hydroxylation is 2. The maximum absolute atomic E-state index is 12.6. The van der Waals surface area contributed by atoms with E-state index in [4.69, 9.17) is 11.6 Å². The van der Waals surface area contributed by atoms with E-state index in [9.17, 15) is 4.79 Å². The second-order valence-electron chi connectivity index (χ2n) is 6.03. The number of carbonyl (C=O) groups is 1. The third-order valence-corrected chi connectivity index (χ3v) is 4.29. The van der Waals surface area contributed by atoms with Gasteiger partial charge in [-0.1, -0.05) is 35.9 Å². The molecule has 3 aromatic rings. The summed E-state index contributed by atoms with van der Waals surface area (Å²) in [7, 11) is 1.85. The summed E-state index contributed by atoms with van der Waals surface area (Å²) in [5.74, 6) is 0.111. The molecular weight excluding hydrogens is 348 g/mol. The lowest BCUT2D eigenvalue weighted by atomic mass is 10.1. The number of para-hydroxylation sites is 1. The van der Waals surface area contributed by atoms with Gasteiger partial charge in [0, 0.05) is 18.9 Å². The Kier molecular flexibility index (Phi) is 5.19. The standard InChI is InChI=1S/C20H19ClN4O/c1-13-11-14(2)18(16(21)12-13)24-19(26)17-9-10-22-20(23-17)25(3)15-7-5-4-6-8-15/h4-12H,1-3H3,(H,24,26). The number of nitrogens with zero attached hydrogens (tertiary/aromatic N) is 3. The summed E-state index contributed by atoms with van der Waals surface area (Å²) in [6.07, 6.45) is 1.57. The van der Waals surface area contributed by atoms with Crippen molar-refractivity contribution in [1.82, 2.24) is 9.97 Å². The summed E-state index contributed by atoms with van der Waals surface area (Å²) >= 11 is 6.27. The average molecular weight is 367 g/mol. The third-order valence-electron chi connectivity index (χ3n) is 3.99. The van der Waals surface area contributed by atoms with Crippen LogP contribution in [-0.4, -0.2) is 22.9 Å². The van der Waals surface area contributed by atoms with Gasteiger partial charge in [-0.15, -0.1) is 0 Å². The molecule has 1 amide bonds. The molecule has 0 aliphatic rings. The fourth-order valence-electron chi connectivity index (χ4n) is 2.66. The summed E-state index contributed by atoms with van der Waals surface area (Å²) in [4.78, 5) is 23.1. The van der Waals surface area contributed by atoms with Gasteiger partial charge in [-0.2, -0.15) is 0 Å². The van der Waals surface area contributed by atoms with Crippen LogP contribution in [0.4, 0.5) is 17.3 Å². The summed E-state index contributed by atoms with van der Waals surface area (Å²) < 4.78 is 0. The molecule has 0 aliphatic carbocycles. The highest BCUT2D eigenvalue weighted by molar-refractivity contribution is 6.34. The van der Waals surface area contributed by atoms with Crippen LogP contribution in [0.1, 0.15) is 21.6 Å². The van der Waals surface area contributed by atoms with Crippen molar-refractivity contribution < 1.29 is 4.79 Å². The van der Waals surface area contributed by atoms with Crippen molar-refractivity contribution >= 4 is 34.8 Å². The first-order valence-electron chi connectivity index (χ1n) is 8.15. The summed E-state index contributed by atoms with van der Waals surface area (Å²) in [5.41, 5.74) is 3.74. The second-order valence-corrected chi connectivity index (χ2v) is 6.44. The predicted molar refractivity (Wildman–Crippen MR) is 105 cm³/mol. The Morgan fingerprint density at radius 3 is 2.54 bits per heavy atom. The number of anilines is 3. The Morgan fingerprint density at radius 2 is 1.85 bits per heavy atom. The van der Waals surface area contributed by atoms with Gasteiger partial charge in [0.15, 0.2) is 0 Å². The fourth-order valence-corrected chi connectivity index (χ4v) is 3.02. The van der Waals surface area contributed by atoms with Gasteiger partial charge in [-0.3, -0.25) is 4.79 Å². The normalized spacial score (nSPS) is 10.5. The lowest BCUT2D eigenvalue weighted by Gasteiger charge is -2.17. The van der Waals surface area contributed by atoms with Crippen molar-refractivity contribution in [3.63, 3.8) is 0 Å². The van der Waals surface area contributed by atoms with Crippen LogP contribution in [0.5, 0.6) is 0 Å². The molecule has 0 bridgehead atoms. The zero-order valence-corrected chi connectivity index (χ0v) is 15.6. The molecule has 1 aromatic heterocycles. The van der Waals surface area contributed by atoms with Crippen molar-refractivity contribution in [3.8, 4) is 0 Å². The summed E-state index contributed by atoms with van der Waals surface area (Å²) in [5, 5.41) is 3.35. The van der Waals surface area contributed by atoms with Crippen LogP contribution in [0.15, 0.2) is 54.7 Å². The number of halogens is 1. The highest BCUT2D eigenvalue weighted by Crippen LogP contribution is 2.28. The van der Waals surface area contributed by atoms with Gasteiger partial charge in [0.1, 0.15) is 5.69 Å². The van der Waals surface area contributed by atoms with Crippen LogP contribution in [0.25, 0.3) is 0 Å². The minimum absolute atomic E-state index is 0.272. The SMILES string of the molecule is Cc1cc(C)c(NC(=O)c2ccnc(N(C)c3ccccc3)n2)c(Cl)c1. The molecule has 0 saturated carbocycles. The Bertz CT molecular complexity index is 921. The van der Waals surface area contributed by atoms with E-state index in [1.54, 1.807) is 12.3 Å². The Morgan fingerprint density at radius 1 is 1.12 bits per heavy atom. The molecule has 0 radical (unpaired) electrons. The molecular formula is C20H19ClN4O. The number of hydrogen-bond acceptors (Lipinski definition) is 4. The quantitative estimate of drug-likeness (QED) is 0.722. The highest BCUT2D eigenvalue weighted by atomic mass is 35.5. The van der Waals surface area contributed by atoms with Crippen LogP contribution in [-0.2, 0) is 0 Å². The maximum Gasteiger partial charge on any atom is 0.274 e. The largest absolute Gasteiger partial charge is 0.319 e. The van der Waals surface area contributed by atoms with Crippen LogP contribution in [0.3, 0.4) is 0 Å².